The van der Waals surface area contributed by atoms with Crippen LogP contribution in [-0.4, -0.2) is 26.4 Å². The molecular weight excluding hydrogens is 282 g/mol. The number of halogens is 1. The number of benzene rings is 1. The molecule has 1 saturated heterocycles. The molecule has 1 aromatic carbocycles. The van der Waals surface area contributed by atoms with Crippen LogP contribution in [-0.2, 0) is 4.74 Å². The van der Waals surface area contributed by atoms with Crippen molar-refractivity contribution in [1.82, 2.24) is 0 Å². The summed E-state index contributed by atoms with van der Waals surface area (Å²) in [4.78, 5) is 0. The van der Waals surface area contributed by atoms with E-state index in [0.717, 1.165) is 42.0 Å². The number of hydrogen-bond acceptors (Lipinski definition) is 3. The van der Waals surface area contributed by atoms with Gasteiger partial charge in [-0.05, 0) is 47.3 Å². The predicted molar refractivity (Wildman–Crippen MR) is 72.8 cm³/mol. The van der Waals surface area contributed by atoms with Gasteiger partial charge < -0.3 is 14.8 Å². The van der Waals surface area contributed by atoms with Gasteiger partial charge in [0.15, 0.2) is 0 Å². The lowest BCUT2D eigenvalue weighted by molar-refractivity contribution is 0.144. The van der Waals surface area contributed by atoms with E-state index in [0.29, 0.717) is 6.04 Å². The average molecular weight is 300 g/mol. The van der Waals surface area contributed by atoms with Crippen LogP contribution in [0.2, 0.25) is 0 Å². The summed E-state index contributed by atoms with van der Waals surface area (Å²) in [5.41, 5.74) is 1.11. The minimum absolute atomic E-state index is 0.503. The Morgan fingerprint density at radius 3 is 3.06 bits per heavy atom. The highest BCUT2D eigenvalue weighted by molar-refractivity contribution is 9.10. The maximum Gasteiger partial charge on any atom is 0.135 e. The van der Waals surface area contributed by atoms with Crippen LogP contribution in [0.25, 0.3) is 0 Å². The van der Waals surface area contributed by atoms with E-state index in [-0.39, 0.29) is 0 Å². The third-order valence-corrected chi connectivity index (χ3v) is 3.63. The Hall–Kier alpha value is -0.740. The van der Waals surface area contributed by atoms with Gasteiger partial charge in [0.1, 0.15) is 5.75 Å². The number of ether oxygens (including phenoxy) is 2. The third-order valence-electron chi connectivity index (χ3n) is 2.97. The molecular formula is C13H18BrNO2. The first-order chi connectivity index (χ1) is 8.29. The lowest BCUT2D eigenvalue weighted by atomic mass is 10.1. The van der Waals surface area contributed by atoms with Crippen molar-refractivity contribution >= 4 is 21.6 Å². The molecule has 0 radical (unpaired) electrons. The predicted octanol–water partition coefficient (Wildman–Crippen LogP) is 3.44. The van der Waals surface area contributed by atoms with Crippen molar-refractivity contribution in [3.63, 3.8) is 0 Å². The zero-order valence-electron chi connectivity index (χ0n) is 10.0. The second-order valence-corrected chi connectivity index (χ2v) is 5.09. The van der Waals surface area contributed by atoms with E-state index in [1.165, 1.54) is 6.42 Å². The van der Waals surface area contributed by atoms with Gasteiger partial charge in [0.2, 0.25) is 0 Å². The number of anilines is 1. The lowest BCUT2D eigenvalue weighted by Crippen LogP contribution is -2.19. The van der Waals surface area contributed by atoms with Gasteiger partial charge in [-0.1, -0.05) is 0 Å². The Morgan fingerprint density at radius 2 is 2.24 bits per heavy atom. The van der Waals surface area contributed by atoms with Gasteiger partial charge in [-0.3, -0.25) is 0 Å². The minimum atomic E-state index is 0.503. The molecule has 1 aliphatic rings. The van der Waals surface area contributed by atoms with E-state index in [4.69, 9.17) is 9.47 Å². The quantitative estimate of drug-likeness (QED) is 0.927. The second-order valence-electron chi connectivity index (χ2n) is 4.23. The molecule has 3 nitrogen and oxygen atoms in total. The number of hydrogen-bond donors (Lipinski definition) is 1. The summed E-state index contributed by atoms with van der Waals surface area (Å²) in [6.07, 6.45) is 3.36. The molecule has 0 aromatic heterocycles. The summed E-state index contributed by atoms with van der Waals surface area (Å²) in [7, 11) is 1.68. The summed E-state index contributed by atoms with van der Waals surface area (Å²) in [6.45, 7) is 1.74. The molecule has 0 amide bonds. The monoisotopic (exact) mass is 299 g/mol. The third kappa shape index (κ3) is 3.61. The number of methoxy groups -OCH3 is 1. The fourth-order valence-electron chi connectivity index (χ4n) is 2.03. The maximum absolute atomic E-state index is 5.45. The Labute approximate surface area is 111 Å². The van der Waals surface area contributed by atoms with Gasteiger partial charge in [0, 0.05) is 31.0 Å². The van der Waals surface area contributed by atoms with Gasteiger partial charge in [-0.25, -0.2) is 0 Å². The molecule has 0 bridgehead atoms. The van der Waals surface area contributed by atoms with Gasteiger partial charge >= 0.3 is 0 Å². The molecule has 1 atom stereocenters. The molecule has 0 spiro atoms. The van der Waals surface area contributed by atoms with E-state index < -0.39 is 0 Å². The molecule has 94 valence electrons. The van der Waals surface area contributed by atoms with Crippen LogP contribution in [0.5, 0.6) is 5.75 Å². The van der Waals surface area contributed by atoms with Crippen LogP contribution in [0.3, 0.4) is 0 Å². The molecule has 1 aromatic rings. The summed E-state index contributed by atoms with van der Waals surface area (Å²) in [6, 6.07) is 6.60. The van der Waals surface area contributed by atoms with Crippen molar-refractivity contribution in [2.45, 2.75) is 25.3 Å². The molecule has 17 heavy (non-hydrogen) atoms. The van der Waals surface area contributed by atoms with Crippen LogP contribution in [0.4, 0.5) is 5.69 Å². The standard InChI is InChI=1S/C13H18BrNO2/c1-16-13-9-11(4-5-12(13)14)15-10-3-2-7-17-8-6-10/h4-5,9-10,15H,2-3,6-8H2,1H3. The Bertz CT molecular complexity index is 362. The van der Waals surface area contributed by atoms with Crippen molar-refractivity contribution in [1.29, 1.82) is 0 Å². The Balaban J connectivity index is 2.01. The molecule has 1 aliphatic heterocycles. The van der Waals surface area contributed by atoms with Crippen LogP contribution in [0, 0.1) is 0 Å². The van der Waals surface area contributed by atoms with Gasteiger partial charge in [-0.15, -0.1) is 0 Å². The Kier molecular flexibility index (Phi) is 4.68. The highest BCUT2D eigenvalue weighted by Gasteiger charge is 2.12. The van der Waals surface area contributed by atoms with Gasteiger partial charge in [0.05, 0.1) is 11.6 Å². The number of nitrogens with one attached hydrogen (secondary N) is 1. The molecule has 1 fully saturated rings. The van der Waals surface area contributed by atoms with Crippen molar-refractivity contribution in [2.24, 2.45) is 0 Å². The average Bonchev–Trinajstić information content (AvgIpc) is 2.60. The van der Waals surface area contributed by atoms with Crippen LogP contribution in [0.1, 0.15) is 19.3 Å². The fourth-order valence-corrected chi connectivity index (χ4v) is 2.44. The zero-order valence-corrected chi connectivity index (χ0v) is 11.6. The largest absolute Gasteiger partial charge is 0.495 e. The van der Waals surface area contributed by atoms with Crippen LogP contribution >= 0.6 is 15.9 Å². The SMILES string of the molecule is COc1cc(NC2CCCOCC2)ccc1Br. The summed E-state index contributed by atoms with van der Waals surface area (Å²) in [5.74, 6) is 0.861. The molecule has 0 aliphatic carbocycles. The van der Waals surface area contributed by atoms with Gasteiger partial charge in [0.25, 0.3) is 0 Å². The smallest absolute Gasteiger partial charge is 0.135 e. The van der Waals surface area contributed by atoms with Gasteiger partial charge in [-0.2, -0.15) is 0 Å². The van der Waals surface area contributed by atoms with Crippen LogP contribution in [0.15, 0.2) is 22.7 Å². The first kappa shape index (κ1) is 12.7. The molecule has 0 saturated carbocycles. The minimum Gasteiger partial charge on any atom is -0.495 e. The van der Waals surface area contributed by atoms with Crippen molar-refractivity contribution in [3.05, 3.63) is 22.7 Å². The second kappa shape index (κ2) is 6.26. The maximum atomic E-state index is 5.45. The van der Waals surface area contributed by atoms with E-state index in [1.807, 2.05) is 12.1 Å². The lowest BCUT2D eigenvalue weighted by Gasteiger charge is -2.17. The van der Waals surface area contributed by atoms with E-state index >= 15 is 0 Å². The normalized spacial score (nSPS) is 20.7. The van der Waals surface area contributed by atoms with E-state index in [2.05, 4.69) is 27.3 Å². The zero-order chi connectivity index (χ0) is 12.1. The first-order valence-corrected chi connectivity index (χ1v) is 6.76. The van der Waals surface area contributed by atoms with E-state index in [1.54, 1.807) is 7.11 Å². The number of rotatable bonds is 3. The summed E-state index contributed by atoms with van der Waals surface area (Å²) in [5, 5.41) is 3.54. The van der Waals surface area contributed by atoms with E-state index in [9.17, 15) is 0 Å². The summed E-state index contributed by atoms with van der Waals surface area (Å²) >= 11 is 3.46. The molecule has 2 rings (SSSR count). The highest BCUT2D eigenvalue weighted by atomic mass is 79.9. The topological polar surface area (TPSA) is 30.5 Å². The molecule has 1 unspecified atom stereocenters. The van der Waals surface area contributed by atoms with Crippen molar-refractivity contribution in [3.8, 4) is 5.75 Å². The van der Waals surface area contributed by atoms with Crippen LogP contribution < -0.4 is 10.1 Å². The van der Waals surface area contributed by atoms with Crippen molar-refractivity contribution in [2.75, 3.05) is 25.6 Å². The van der Waals surface area contributed by atoms with Crippen molar-refractivity contribution < 1.29 is 9.47 Å². The summed E-state index contributed by atoms with van der Waals surface area (Å²) < 4.78 is 11.7. The molecule has 4 heteroatoms. The highest BCUT2D eigenvalue weighted by Crippen LogP contribution is 2.28. The Morgan fingerprint density at radius 1 is 1.35 bits per heavy atom. The first-order valence-electron chi connectivity index (χ1n) is 5.97. The molecule has 1 heterocycles. The fraction of sp³-hybridized carbons (Fsp3) is 0.538. The molecule has 1 N–H and O–H groups in total.